The molecule has 0 aromatic carbocycles. The van der Waals surface area contributed by atoms with E-state index in [9.17, 15) is 29.4 Å². The first kappa shape index (κ1) is 26.1. The summed E-state index contributed by atoms with van der Waals surface area (Å²) >= 11 is 0. The fourth-order valence-corrected chi connectivity index (χ4v) is 8.52. The van der Waals surface area contributed by atoms with Gasteiger partial charge in [0.05, 0.1) is 6.61 Å². The Morgan fingerprint density at radius 3 is 2.49 bits per heavy atom. The molecule has 10 heteroatoms. The van der Waals surface area contributed by atoms with Crippen molar-refractivity contribution in [3.63, 3.8) is 0 Å². The third kappa shape index (κ3) is 3.28. The second-order valence-corrected chi connectivity index (χ2v) is 11.9. The van der Waals surface area contributed by atoms with Crippen LogP contribution in [0.25, 0.3) is 0 Å². The molecule has 3 aliphatic carbocycles. The van der Waals surface area contributed by atoms with Crippen molar-refractivity contribution in [2.24, 2.45) is 34.5 Å². The van der Waals surface area contributed by atoms with Crippen molar-refractivity contribution in [1.29, 1.82) is 0 Å². The summed E-state index contributed by atoms with van der Waals surface area (Å²) in [6.07, 6.45) is -2.18. The zero-order chi connectivity index (χ0) is 27.2. The lowest BCUT2D eigenvalue weighted by Crippen LogP contribution is -2.79. The lowest BCUT2D eigenvalue weighted by Gasteiger charge is -2.68. The summed E-state index contributed by atoms with van der Waals surface area (Å²) in [5.41, 5.74) is -1.26. The van der Waals surface area contributed by atoms with Crippen molar-refractivity contribution < 1.29 is 48.3 Å². The predicted molar refractivity (Wildman–Crippen MR) is 125 cm³/mol. The molecule has 2 N–H and O–H groups in total. The number of hydrogen-bond donors (Lipinski definition) is 2. The SMILES string of the molecule is CC(=O)O[C@@H]1C(=O)C=C(C)[C@@H]2[C@@H](OC(=O)C=C(C)C)[C@H]3OC(=O)C[C@H]4[C@@H](C)[C@@H](O)C5(O)OC[C@]34[C@H]5[C@@]12C. The summed E-state index contributed by atoms with van der Waals surface area (Å²) < 4.78 is 23.6. The highest BCUT2D eigenvalue weighted by Crippen LogP contribution is 2.74. The highest BCUT2D eigenvalue weighted by atomic mass is 16.7. The number of carbonyl (C=O) groups is 4. The Labute approximate surface area is 215 Å². The van der Waals surface area contributed by atoms with E-state index in [0.717, 1.165) is 0 Å². The van der Waals surface area contributed by atoms with E-state index in [0.29, 0.717) is 11.1 Å². The molecule has 5 rings (SSSR count). The molecule has 2 bridgehead atoms. The molecule has 0 aromatic heterocycles. The quantitative estimate of drug-likeness (QED) is 0.318. The molecule has 0 amide bonds. The maximum Gasteiger partial charge on any atom is 0.331 e. The van der Waals surface area contributed by atoms with Gasteiger partial charge < -0.3 is 29.2 Å². The maximum absolute atomic E-state index is 13.4. The normalized spacial score (nSPS) is 47.6. The van der Waals surface area contributed by atoms with Crippen LogP contribution in [-0.4, -0.2) is 70.7 Å². The van der Waals surface area contributed by atoms with E-state index in [1.807, 2.05) is 0 Å². The van der Waals surface area contributed by atoms with Gasteiger partial charge >= 0.3 is 17.9 Å². The molecule has 2 saturated carbocycles. The van der Waals surface area contributed by atoms with Gasteiger partial charge in [-0.3, -0.25) is 14.4 Å². The van der Waals surface area contributed by atoms with Gasteiger partial charge in [0.15, 0.2) is 17.7 Å². The van der Waals surface area contributed by atoms with Gasteiger partial charge in [0.2, 0.25) is 0 Å². The molecule has 2 saturated heterocycles. The second kappa shape index (κ2) is 8.22. The molecular formula is C27H34O10. The van der Waals surface area contributed by atoms with Crippen LogP contribution in [-0.2, 0) is 38.1 Å². The van der Waals surface area contributed by atoms with E-state index in [4.69, 9.17) is 18.9 Å². The molecule has 37 heavy (non-hydrogen) atoms. The van der Waals surface area contributed by atoms with Crippen LogP contribution in [0.4, 0.5) is 0 Å². The third-order valence-electron chi connectivity index (χ3n) is 9.47. The second-order valence-electron chi connectivity index (χ2n) is 11.9. The van der Waals surface area contributed by atoms with E-state index >= 15 is 0 Å². The molecule has 0 radical (unpaired) electrons. The number of aliphatic hydroxyl groups is 2. The first-order valence-corrected chi connectivity index (χ1v) is 12.7. The van der Waals surface area contributed by atoms with E-state index in [1.165, 1.54) is 19.1 Å². The van der Waals surface area contributed by atoms with Gasteiger partial charge in [-0.25, -0.2) is 4.79 Å². The van der Waals surface area contributed by atoms with E-state index in [1.54, 1.807) is 34.6 Å². The van der Waals surface area contributed by atoms with Crippen LogP contribution in [0.2, 0.25) is 0 Å². The van der Waals surface area contributed by atoms with Gasteiger partial charge in [-0.05, 0) is 38.7 Å². The smallest absolute Gasteiger partial charge is 0.331 e. The number of carbonyl (C=O) groups excluding carboxylic acids is 4. The summed E-state index contributed by atoms with van der Waals surface area (Å²) in [6.45, 7) is 9.72. The Morgan fingerprint density at radius 1 is 1.19 bits per heavy atom. The zero-order valence-corrected chi connectivity index (χ0v) is 21.8. The Kier molecular flexibility index (Phi) is 5.79. The molecule has 10 nitrogen and oxygen atoms in total. The Morgan fingerprint density at radius 2 is 1.86 bits per heavy atom. The van der Waals surface area contributed by atoms with Crippen LogP contribution in [0.15, 0.2) is 23.3 Å². The number of rotatable bonds is 3. The van der Waals surface area contributed by atoms with Gasteiger partial charge in [0.1, 0.15) is 18.3 Å². The monoisotopic (exact) mass is 518 g/mol. The molecule has 2 aliphatic heterocycles. The van der Waals surface area contributed by atoms with Crippen molar-refractivity contribution >= 4 is 23.7 Å². The van der Waals surface area contributed by atoms with Crippen molar-refractivity contribution in [2.75, 3.05) is 6.61 Å². The molecule has 1 spiro atoms. The highest BCUT2D eigenvalue weighted by molar-refractivity contribution is 5.97. The summed E-state index contributed by atoms with van der Waals surface area (Å²) in [7, 11) is 0. The Hall–Kier alpha value is -2.56. The van der Waals surface area contributed by atoms with E-state index in [-0.39, 0.29) is 13.0 Å². The topological polar surface area (TPSA) is 146 Å². The summed E-state index contributed by atoms with van der Waals surface area (Å²) in [5.74, 6) is -7.30. The van der Waals surface area contributed by atoms with Crippen molar-refractivity contribution in [3.8, 4) is 0 Å². The van der Waals surface area contributed by atoms with Crippen LogP contribution >= 0.6 is 0 Å². The highest BCUT2D eigenvalue weighted by Gasteiger charge is 2.84. The minimum atomic E-state index is -2.11. The molecule has 4 fully saturated rings. The lowest BCUT2D eigenvalue weighted by molar-refractivity contribution is -0.344. The minimum absolute atomic E-state index is 0.0406. The summed E-state index contributed by atoms with van der Waals surface area (Å²) in [4.78, 5) is 51.5. The van der Waals surface area contributed by atoms with Crippen molar-refractivity contribution in [3.05, 3.63) is 23.3 Å². The minimum Gasteiger partial charge on any atom is -0.458 e. The fourth-order valence-electron chi connectivity index (χ4n) is 8.52. The summed E-state index contributed by atoms with van der Waals surface area (Å²) in [6, 6.07) is 0. The van der Waals surface area contributed by atoms with Crippen LogP contribution in [0.5, 0.6) is 0 Å². The van der Waals surface area contributed by atoms with E-state index in [2.05, 4.69) is 0 Å². The van der Waals surface area contributed by atoms with Gasteiger partial charge in [0.25, 0.3) is 0 Å². The number of esters is 3. The molecule has 1 unspecified atom stereocenters. The van der Waals surface area contributed by atoms with Crippen molar-refractivity contribution in [1.82, 2.24) is 0 Å². The Balaban J connectivity index is 1.80. The number of ether oxygens (including phenoxy) is 4. The van der Waals surface area contributed by atoms with Gasteiger partial charge in [-0.2, -0.15) is 0 Å². The average molecular weight is 519 g/mol. The molecule has 0 aromatic rings. The Bertz CT molecular complexity index is 1140. The van der Waals surface area contributed by atoms with Crippen LogP contribution in [0, 0.1) is 34.5 Å². The largest absolute Gasteiger partial charge is 0.458 e. The van der Waals surface area contributed by atoms with Crippen LogP contribution < -0.4 is 0 Å². The standard InChI is InChI=1S/C27H34O10/c1-11(2)7-17(30)36-20-19-12(3)8-16(29)22(35-14(5)28)25(19,6)24-26-10-34-27(24,33)21(32)13(4)15(26)9-18(31)37-23(20)26/h7-8,13,15,19-24,32-33H,9-10H2,1-6H3/t13-,15+,19-,20-,21-,22-,23-,24-,25-,26-,27?/m1/s1. The summed E-state index contributed by atoms with van der Waals surface area (Å²) in [5, 5.41) is 23.3. The fraction of sp³-hybridized carbons (Fsp3) is 0.704. The average Bonchev–Trinajstić information content (AvgIpc) is 3.07. The van der Waals surface area contributed by atoms with Crippen LogP contribution in [0.3, 0.4) is 0 Å². The van der Waals surface area contributed by atoms with Gasteiger partial charge in [-0.1, -0.05) is 25.0 Å². The van der Waals surface area contributed by atoms with Gasteiger partial charge in [-0.15, -0.1) is 0 Å². The number of fused-ring (bicyclic) bond motifs is 1. The predicted octanol–water partition coefficient (Wildman–Crippen LogP) is 1.22. The van der Waals surface area contributed by atoms with Gasteiger partial charge in [0, 0.05) is 42.1 Å². The maximum atomic E-state index is 13.4. The van der Waals surface area contributed by atoms with E-state index < -0.39 is 88.4 Å². The number of aliphatic hydroxyl groups excluding tert-OH is 1. The van der Waals surface area contributed by atoms with Crippen molar-refractivity contribution in [2.45, 2.75) is 78.2 Å². The first-order valence-electron chi connectivity index (χ1n) is 12.7. The zero-order valence-electron chi connectivity index (χ0n) is 21.8. The first-order chi connectivity index (χ1) is 17.2. The number of hydrogen-bond acceptors (Lipinski definition) is 10. The molecule has 11 atom stereocenters. The number of allylic oxidation sites excluding steroid dienone is 1. The molecule has 202 valence electrons. The number of ketones is 1. The lowest BCUT2D eigenvalue weighted by atomic mass is 9.37. The molecule has 5 aliphatic rings. The molecule has 2 heterocycles. The third-order valence-corrected chi connectivity index (χ3v) is 9.47. The molecular weight excluding hydrogens is 484 g/mol. The van der Waals surface area contributed by atoms with Crippen LogP contribution in [0.1, 0.15) is 48.0 Å².